The molecule has 198 valence electrons. The zero-order valence-electron chi connectivity index (χ0n) is 20.6. The number of amides is 1. The molecule has 0 bridgehead atoms. The first-order chi connectivity index (χ1) is 18.0. The molecule has 2 aromatic heterocycles. The van der Waals surface area contributed by atoms with Gasteiger partial charge in [0.25, 0.3) is 5.91 Å². The number of alkyl halides is 3. The van der Waals surface area contributed by atoms with E-state index in [1.807, 2.05) is 0 Å². The summed E-state index contributed by atoms with van der Waals surface area (Å²) in [5, 5.41) is 16.5. The lowest BCUT2D eigenvalue weighted by Crippen LogP contribution is -2.30. The summed E-state index contributed by atoms with van der Waals surface area (Å²) in [5.74, 6) is -0.566. The van der Waals surface area contributed by atoms with Crippen LogP contribution in [-0.2, 0) is 19.8 Å². The van der Waals surface area contributed by atoms with Crippen LogP contribution >= 0.6 is 11.3 Å². The molecule has 1 aliphatic carbocycles. The third kappa shape index (κ3) is 5.42. The smallest absolute Gasteiger partial charge is 0.345 e. The first-order valence-electron chi connectivity index (χ1n) is 12.0. The molecule has 0 unspecified atom stereocenters. The molecule has 1 saturated carbocycles. The third-order valence-corrected chi connectivity index (χ3v) is 7.33. The van der Waals surface area contributed by atoms with Crippen LogP contribution in [0, 0.1) is 24.1 Å². The number of nitrogens with one attached hydrogen (secondary N) is 2. The van der Waals surface area contributed by atoms with Crippen molar-refractivity contribution in [3.8, 4) is 11.1 Å². The number of carbonyl (C=O) groups is 1. The van der Waals surface area contributed by atoms with Crippen LogP contribution in [0.5, 0.6) is 0 Å². The fourth-order valence-electron chi connectivity index (χ4n) is 4.59. The van der Waals surface area contributed by atoms with E-state index in [2.05, 4.69) is 10.4 Å². The number of rotatable bonds is 7. The summed E-state index contributed by atoms with van der Waals surface area (Å²) in [4.78, 5) is 13.8. The van der Waals surface area contributed by atoms with Crippen molar-refractivity contribution >= 4 is 17.2 Å². The highest BCUT2D eigenvalue weighted by Gasteiger charge is 2.38. The van der Waals surface area contributed by atoms with Crippen LogP contribution in [-0.4, -0.2) is 20.3 Å². The highest BCUT2D eigenvalue weighted by atomic mass is 32.1. The van der Waals surface area contributed by atoms with Crippen molar-refractivity contribution in [1.29, 1.82) is 5.41 Å². The van der Waals surface area contributed by atoms with Gasteiger partial charge in [-0.1, -0.05) is 12.1 Å². The van der Waals surface area contributed by atoms with Crippen molar-refractivity contribution in [2.75, 3.05) is 0 Å². The molecule has 0 radical (unpaired) electrons. The van der Waals surface area contributed by atoms with Gasteiger partial charge in [0.05, 0.1) is 6.04 Å². The highest BCUT2D eigenvalue weighted by molar-refractivity contribution is 7.06. The van der Waals surface area contributed by atoms with E-state index >= 15 is 0 Å². The molecule has 6 nitrogen and oxygen atoms in total. The van der Waals surface area contributed by atoms with Gasteiger partial charge < -0.3 is 9.88 Å². The van der Waals surface area contributed by atoms with E-state index in [4.69, 9.17) is 5.41 Å². The van der Waals surface area contributed by atoms with E-state index in [1.54, 1.807) is 47.3 Å². The van der Waals surface area contributed by atoms with Gasteiger partial charge in [-0.25, -0.2) is 4.39 Å². The van der Waals surface area contributed by atoms with Crippen LogP contribution < -0.4 is 10.1 Å². The van der Waals surface area contributed by atoms with Crippen LogP contribution in [0.2, 0.25) is 0 Å². The van der Waals surface area contributed by atoms with Crippen molar-refractivity contribution < 1.29 is 22.4 Å². The average molecular weight is 544 g/mol. The predicted octanol–water partition coefficient (Wildman–Crippen LogP) is 5.83. The SMILES string of the molecule is Cc1cc([C@@H](NC(=O)c2cc(Cn3ccsc3=N)cc(-c3cn(C)nc3C(F)(F)F)c2)C2CC2)ccc1F. The topological polar surface area (TPSA) is 75.7 Å². The Labute approximate surface area is 220 Å². The van der Waals surface area contributed by atoms with Crippen LogP contribution in [0.1, 0.15) is 51.6 Å². The molecule has 5 rings (SSSR count). The van der Waals surface area contributed by atoms with Crippen molar-refractivity contribution in [2.45, 2.75) is 38.5 Å². The third-order valence-electron chi connectivity index (χ3n) is 6.62. The minimum Gasteiger partial charge on any atom is -0.345 e. The van der Waals surface area contributed by atoms with Gasteiger partial charge in [0, 0.05) is 42.5 Å². The number of hydrogen-bond donors (Lipinski definition) is 2. The summed E-state index contributed by atoms with van der Waals surface area (Å²) >= 11 is 1.22. The lowest BCUT2D eigenvalue weighted by Gasteiger charge is -2.20. The van der Waals surface area contributed by atoms with Gasteiger partial charge in [-0.15, -0.1) is 11.3 Å². The Morgan fingerprint density at radius 2 is 2.00 bits per heavy atom. The predicted molar refractivity (Wildman–Crippen MR) is 135 cm³/mol. The second kappa shape index (κ2) is 9.86. The van der Waals surface area contributed by atoms with E-state index in [9.17, 15) is 22.4 Å². The molecule has 2 N–H and O–H groups in total. The minimum absolute atomic E-state index is 0.134. The summed E-state index contributed by atoms with van der Waals surface area (Å²) in [6.45, 7) is 1.87. The number of aryl methyl sites for hydroxylation is 2. The molecule has 0 spiro atoms. The maximum atomic E-state index is 13.9. The normalized spacial score (nSPS) is 14.5. The Morgan fingerprint density at radius 1 is 1.24 bits per heavy atom. The summed E-state index contributed by atoms with van der Waals surface area (Å²) in [7, 11) is 1.41. The highest BCUT2D eigenvalue weighted by Crippen LogP contribution is 2.42. The van der Waals surface area contributed by atoms with Crippen molar-refractivity contribution in [1.82, 2.24) is 19.7 Å². The largest absolute Gasteiger partial charge is 0.435 e. The first kappa shape index (κ1) is 25.9. The van der Waals surface area contributed by atoms with Crippen molar-refractivity contribution in [2.24, 2.45) is 13.0 Å². The Balaban J connectivity index is 1.55. The second-order valence-electron chi connectivity index (χ2n) is 9.61. The quantitative estimate of drug-likeness (QED) is 0.288. The molecule has 2 heterocycles. The van der Waals surface area contributed by atoms with E-state index in [1.165, 1.54) is 36.7 Å². The number of nitrogens with zero attached hydrogens (tertiary/aromatic N) is 3. The summed E-state index contributed by atoms with van der Waals surface area (Å²) in [5.41, 5.74) is 1.06. The zero-order valence-corrected chi connectivity index (χ0v) is 21.5. The standard InChI is InChI=1S/C27H25F4N5OS/c1-15-9-18(5-6-22(15)28)23(17-3-4-17)33-25(37)20-11-16(13-36-7-8-38-26(36)32)10-19(12-20)21-14-35(2)34-24(21)27(29,30)31/h5-12,14,17,23,32H,3-4,13H2,1-2H3,(H,33,37)/t23-/m0/s1. The second-order valence-corrected chi connectivity index (χ2v) is 10.5. The summed E-state index contributed by atoms with van der Waals surface area (Å²) in [6, 6.07) is 9.06. The van der Waals surface area contributed by atoms with E-state index < -0.39 is 17.8 Å². The number of carbonyl (C=O) groups excluding carboxylic acids is 1. The lowest BCUT2D eigenvalue weighted by molar-refractivity contribution is -0.140. The van der Waals surface area contributed by atoms with E-state index in [-0.39, 0.29) is 45.8 Å². The van der Waals surface area contributed by atoms with E-state index in [0.717, 1.165) is 23.1 Å². The zero-order chi connectivity index (χ0) is 27.2. The molecule has 11 heteroatoms. The number of aromatic nitrogens is 3. The molecular formula is C27H25F4N5OS. The monoisotopic (exact) mass is 543 g/mol. The molecule has 4 aromatic rings. The molecule has 2 aromatic carbocycles. The fourth-order valence-corrected chi connectivity index (χ4v) is 5.19. The lowest BCUT2D eigenvalue weighted by atomic mass is 9.97. The van der Waals surface area contributed by atoms with Crippen LogP contribution in [0.4, 0.5) is 17.6 Å². The van der Waals surface area contributed by atoms with Gasteiger partial charge >= 0.3 is 6.18 Å². The fraction of sp³-hybridized carbons (Fsp3) is 0.296. The van der Waals surface area contributed by atoms with Gasteiger partial charge in [0.15, 0.2) is 10.5 Å². The van der Waals surface area contributed by atoms with Crippen molar-refractivity contribution in [3.63, 3.8) is 0 Å². The molecular weight excluding hydrogens is 518 g/mol. The van der Waals surface area contributed by atoms with Crippen LogP contribution in [0.25, 0.3) is 11.1 Å². The maximum absolute atomic E-state index is 13.9. The van der Waals surface area contributed by atoms with E-state index in [0.29, 0.717) is 11.1 Å². The Bertz CT molecular complexity index is 1560. The molecule has 0 aliphatic heterocycles. The summed E-state index contributed by atoms with van der Waals surface area (Å²) < 4.78 is 57.9. The van der Waals surface area contributed by atoms with Gasteiger partial charge in [0.2, 0.25) is 0 Å². The number of thiazole rings is 1. The Hall–Kier alpha value is -3.73. The Morgan fingerprint density at radius 3 is 2.63 bits per heavy atom. The van der Waals surface area contributed by atoms with Gasteiger partial charge in [-0.3, -0.25) is 14.9 Å². The number of halogens is 4. The van der Waals surface area contributed by atoms with Crippen LogP contribution in [0.3, 0.4) is 0 Å². The molecule has 1 atom stereocenters. The molecule has 1 amide bonds. The average Bonchev–Trinajstić information content (AvgIpc) is 3.50. The molecule has 38 heavy (non-hydrogen) atoms. The first-order valence-corrected chi connectivity index (χ1v) is 12.9. The maximum Gasteiger partial charge on any atom is 0.435 e. The van der Waals surface area contributed by atoms with Gasteiger partial charge in [-0.05, 0) is 72.2 Å². The minimum atomic E-state index is -4.68. The molecule has 1 fully saturated rings. The molecule has 1 aliphatic rings. The Kier molecular flexibility index (Phi) is 6.72. The summed E-state index contributed by atoms with van der Waals surface area (Å²) in [6.07, 6.45) is 0.149. The van der Waals surface area contributed by atoms with Gasteiger partial charge in [0.1, 0.15) is 5.82 Å². The van der Waals surface area contributed by atoms with Crippen molar-refractivity contribution in [3.05, 3.63) is 92.7 Å². The molecule has 0 saturated heterocycles. The van der Waals surface area contributed by atoms with Gasteiger partial charge in [-0.2, -0.15) is 18.3 Å². The van der Waals surface area contributed by atoms with Crippen LogP contribution in [0.15, 0.2) is 54.2 Å². The number of hydrogen-bond acceptors (Lipinski definition) is 4. The number of benzene rings is 2.